The number of carboxylic acids is 1. The first-order chi connectivity index (χ1) is 6.70. The van der Waals surface area contributed by atoms with Crippen LogP contribution in [0.4, 0.5) is 0 Å². The lowest BCUT2D eigenvalue weighted by Crippen LogP contribution is -2.32. The van der Waals surface area contributed by atoms with Crippen LogP contribution in [-0.4, -0.2) is 22.7 Å². The lowest BCUT2D eigenvalue weighted by molar-refractivity contribution is -0.131. The minimum atomic E-state index is -1.08. The van der Waals surface area contributed by atoms with Gasteiger partial charge >= 0.3 is 5.97 Å². The van der Waals surface area contributed by atoms with Crippen LogP contribution in [0.1, 0.15) is 25.7 Å². The van der Waals surface area contributed by atoms with Gasteiger partial charge in [0.2, 0.25) is 5.91 Å². The van der Waals surface area contributed by atoms with E-state index < -0.39 is 11.9 Å². The number of rotatable bonds is 2. The molecule has 0 aromatic rings. The number of amides is 1. The minimum absolute atomic E-state index is 0.0121. The van der Waals surface area contributed by atoms with Gasteiger partial charge in [-0.2, -0.15) is 5.10 Å². The van der Waals surface area contributed by atoms with Crippen molar-refractivity contribution in [2.24, 2.45) is 16.9 Å². The van der Waals surface area contributed by atoms with Crippen molar-refractivity contribution in [3.05, 3.63) is 0 Å². The third-order valence-electron chi connectivity index (χ3n) is 2.95. The third kappa shape index (κ3) is 1.38. The topological polar surface area (TPSA) is 78.8 Å². The molecule has 0 bridgehead atoms. The van der Waals surface area contributed by atoms with E-state index in [-0.39, 0.29) is 17.5 Å². The summed E-state index contributed by atoms with van der Waals surface area (Å²) in [5.41, 5.74) is 2.23. The molecule has 76 valence electrons. The van der Waals surface area contributed by atoms with Crippen LogP contribution in [0.2, 0.25) is 0 Å². The lowest BCUT2D eigenvalue weighted by Gasteiger charge is -2.14. The Balaban J connectivity index is 2.18. The molecule has 1 aliphatic heterocycles. The Bertz CT molecular complexity index is 305. The van der Waals surface area contributed by atoms with Crippen molar-refractivity contribution in [2.75, 3.05) is 0 Å². The largest absolute Gasteiger partial charge is 0.477 e. The predicted molar refractivity (Wildman–Crippen MR) is 48.7 cm³/mol. The number of aliphatic carboxylic acids is 1. The van der Waals surface area contributed by atoms with Gasteiger partial charge in [0.05, 0.1) is 5.92 Å². The molecular formula is C9H12N2O3. The first kappa shape index (κ1) is 9.18. The highest BCUT2D eigenvalue weighted by Gasteiger charge is 2.41. The summed E-state index contributed by atoms with van der Waals surface area (Å²) >= 11 is 0. The van der Waals surface area contributed by atoms with E-state index in [2.05, 4.69) is 10.5 Å². The van der Waals surface area contributed by atoms with Crippen LogP contribution in [0.3, 0.4) is 0 Å². The number of nitrogens with zero attached hydrogens (tertiary/aromatic N) is 1. The lowest BCUT2D eigenvalue weighted by atomic mass is 9.87. The number of hydrogen-bond acceptors (Lipinski definition) is 3. The van der Waals surface area contributed by atoms with Gasteiger partial charge in [-0.3, -0.25) is 4.79 Å². The predicted octanol–water partition coefficient (Wildman–Crippen LogP) is 0.363. The number of carboxylic acid groups (broad SMARTS) is 1. The third-order valence-corrected chi connectivity index (χ3v) is 2.95. The molecule has 0 radical (unpaired) electrons. The van der Waals surface area contributed by atoms with E-state index in [1.54, 1.807) is 0 Å². The second kappa shape index (κ2) is 3.40. The molecule has 1 aliphatic carbocycles. The molecule has 5 heteroatoms. The Hall–Kier alpha value is -1.39. The quantitative estimate of drug-likeness (QED) is 0.669. The SMILES string of the molecule is O=C(O)C1=NNC(=O)C1C1CCCC1. The average molecular weight is 196 g/mol. The molecular weight excluding hydrogens is 184 g/mol. The van der Waals surface area contributed by atoms with Crippen LogP contribution in [-0.2, 0) is 9.59 Å². The first-order valence-corrected chi connectivity index (χ1v) is 4.81. The fraction of sp³-hybridized carbons (Fsp3) is 0.667. The van der Waals surface area contributed by atoms with Crippen LogP contribution in [0, 0.1) is 11.8 Å². The standard InChI is InChI=1S/C9H12N2O3/c12-8-6(5-3-1-2-4-5)7(9(13)14)10-11-8/h5-6H,1-4H2,(H,11,12)(H,13,14). The van der Waals surface area contributed by atoms with E-state index in [0.29, 0.717) is 0 Å². The van der Waals surface area contributed by atoms with Gasteiger partial charge in [-0.05, 0) is 18.8 Å². The van der Waals surface area contributed by atoms with E-state index in [1.165, 1.54) is 0 Å². The maximum atomic E-state index is 11.4. The van der Waals surface area contributed by atoms with Gasteiger partial charge in [0.25, 0.3) is 0 Å². The molecule has 0 spiro atoms. The second-order valence-corrected chi connectivity index (χ2v) is 3.80. The molecule has 2 N–H and O–H groups in total. The zero-order valence-corrected chi connectivity index (χ0v) is 7.69. The van der Waals surface area contributed by atoms with Crippen molar-refractivity contribution in [1.29, 1.82) is 0 Å². The number of carbonyl (C=O) groups excluding carboxylic acids is 1. The molecule has 1 unspecified atom stereocenters. The monoisotopic (exact) mass is 196 g/mol. The summed E-state index contributed by atoms with van der Waals surface area (Å²) in [6.45, 7) is 0. The smallest absolute Gasteiger partial charge is 0.352 e. The first-order valence-electron chi connectivity index (χ1n) is 4.81. The van der Waals surface area contributed by atoms with Gasteiger partial charge in [0.15, 0.2) is 5.71 Å². The Kier molecular flexibility index (Phi) is 2.23. The van der Waals surface area contributed by atoms with E-state index in [1.807, 2.05) is 0 Å². The fourth-order valence-electron chi connectivity index (χ4n) is 2.29. The zero-order valence-electron chi connectivity index (χ0n) is 7.69. The summed E-state index contributed by atoms with van der Waals surface area (Å²) in [6, 6.07) is 0. The van der Waals surface area contributed by atoms with Crippen LogP contribution >= 0.6 is 0 Å². The van der Waals surface area contributed by atoms with Crippen molar-refractivity contribution in [2.45, 2.75) is 25.7 Å². The molecule has 14 heavy (non-hydrogen) atoms. The number of nitrogens with one attached hydrogen (secondary N) is 1. The molecule has 1 atom stereocenters. The second-order valence-electron chi connectivity index (χ2n) is 3.80. The number of hydrazone groups is 1. The van der Waals surface area contributed by atoms with Crippen molar-refractivity contribution >= 4 is 17.6 Å². The van der Waals surface area contributed by atoms with Crippen molar-refractivity contribution < 1.29 is 14.7 Å². The Morgan fingerprint density at radius 2 is 2.07 bits per heavy atom. The van der Waals surface area contributed by atoms with Crippen LogP contribution in [0.5, 0.6) is 0 Å². The van der Waals surface area contributed by atoms with Crippen LogP contribution in [0.25, 0.3) is 0 Å². The van der Waals surface area contributed by atoms with E-state index in [4.69, 9.17) is 5.11 Å². The molecule has 1 fully saturated rings. The maximum absolute atomic E-state index is 11.4. The maximum Gasteiger partial charge on any atom is 0.352 e. The zero-order chi connectivity index (χ0) is 10.1. The molecule has 5 nitrogen and oxygen atoms in total. The Morgan fingerprint density at radius 3 is 2.64 bits per heavy atom. The van der Waals surface area contributed by atoms with Gasteiger partial charge in [-0.25, -0.2) is 10.2 Å². The van der Waals surface area contributed by atoms with Crippen LogP contribution < -0.4 is 5.43 Å². The number of hydrogen-bond donors (Lipinski definition) is 2. The molecule has 1 heterocycles. The van der Waals surface area contributed by atoms with E-state index in [9.17, 15) is 9.59 Å². The van der Waals surface area contributed by atoms with Crippen molar-refractivity contribution in [3.8, 4) is 0 Å². The van der Waals surface area contributed by atoms with Crippen molar-refractivity contribution in [3.63, 3.8) is 0 Å². The Morgan fingerprint density at radius 1 is 1.43 bits per heavy atom. The van der Waals surface area contributed by atoms with E-state index >= 15 is 0 Å². The molecule has 2 aliphatic rings. The van der Waals surface area contributed by atoms with Gasteiger partial charge in [-0.15, -0.1) is 0 Å². The van der Waals surface area contributed by atoms with Gasteiger partial charge in [0.1, 0.15) is 0 Å². The highest BCUT2D eigenvalue weighted by molar-refractivity contribution is 6.41. The summed E-state index contributed by atoms with van der Waals surface area (Å²) in [7, 11) is 0. The van der Waals surface area contributed by atoms with Gasteiger partial charge in [0, 0.05) is 0 Å². The minimum Gasteiger partial charge on any atom is -0.477 e. The Labute approximate surface area is 81.2 Å². The van der Waals surface area contributed by atoms with Crippen LogP contribution in [0.15, 0.2) is 5.10 Å². The summed E-state index contributed by atoms with van der Waals surface area (Å²) in [5, 5.41) is 12.4. The highest BCUT2D eigenvalue weighted by Crippen LogP contribution is 2.33. The van der Waals surface area contributed by atoms with E-state index in [0.717, 1.165) is 25.7 Å². The molecule has 0 aromatic carbocycles. The van der Waals surface area contributed by atoms with Gasteiger partial charge in [-0.1, -0.05) is 12.8 Å². The molecule has 2 rings (SSSR count). The van der Waals surface area contributed by atoms with Gasteiger partial charge < -0.3 is 5.11 Å². The number of carbonyl (C=O) groups is 2. The molecule has 1 saturated carbocycles. The normalized spacial score (nSPS) is 27.6. The average Bonchev–Trinajstić information content (AvgIpc) is 2.71. The summed E-state index contributed by atoms with van der Waals surface area (Å²) in [6.07, 6.45) is 4.04. The highest BCUT2D eigenvalue weighted by atomic mass is 16.4. The fourth-order valence-corrected chi connectivity index (χ4v) is 2.29. The molecule has 0 saturated heterocycles. The molecule has 0 aromatic heterocycles. The summed E-state index contributed by atoms with van der Waals surface area (Å²) in [5.74, 6) is -1.68. The molecule has 1 amide bonds. The summed E-state index contributed by atoms with van der Waals surface area (Å²) < 4.78 is 0. The van der Waals surface area contributed by atoms with Crippen molar-refractivity contribution in [1.82, 2.24) is 5.43 Å². The summed E-state index contributed by atoms with van der Waals surface area (Å²) in [4.78, 5) is 22.2.